The molecule has 1 aliphatic rings. The molecule has 3 rings (SSSR count). The second kappa shape index (κ2) is 6.63. The third-order valence-corrected chi connectivity index (χ3v) is 5.31. The zero-order valence-corrected chi connectivity index (χ0v) is 13.6. The first kappa shape index (κ1) is 14.6. The lowest BCUT2D eigenvalue weighted by Gasteiger charge is -2.23. The van der Waals surface area contributed by atoms with Crippen LogP contribution < -0.4 is 10.1 Å². The average Bonchev–Trinajstić information content (AvgIpc) is 3.14. The van der Waals surface area contributed by atoms with Crippen LogP contribution >= 0.6 is 11.3 Å². The summed E-state index contributed by atoms with van der Waals surface area (Å²) >= 11 is 1.91. The molecule has 0 bridgehead atoms. The number of hydrogen-bond acceptors (Lipinski definition) is 3. The number of hydrogen-bond donors (Lipinski definition) is 1. The van der Waals surface area contributed by atoms with Crippen LogP contribution in [0.15, 0.2) is 36.4 Å². The Hall–Kier alpha value is -1.32. The second-order valence-corrected chi connectivity index (χ2v) is 6.76. The van der Waals surface area contributed by atoms with Crippen molar-refractivity contribution in [1.82, 2.24) is 5.32 Å². The van der Waals surface area contributed by atoms with Gasteiger partial charge >= 0.3 is 0 Å². The van der Waals surface area contributed by atoms with Gasteiger partial charge in [-0.2, -0.15) is 0 Å². The molecule has 0 spiro atoms. The van der Waals surface area contributed by atoms with Crippen molar-refractivity contribution in [2.75, 3.05) is 6.54 Å². The van der Waals surface area contributed by atoms with Crippen molar-refractivity contribution >= 4 is 11.3 Å². The van der Waals surface area contributed by atoms with E-state index >= 15 is 0 Å². The second-order valence-electron chi connectivity index (χ2n) is 5.56. The number of nitrogens with one attached hydrogen (secondary N) is 1. The van der Waals surface area contributed by atoms with Gasteiger partial charge in [0.2, 0.25) is 0 Å². The van der Waals surface area contributed by atoms with Crippen LogP contribution in [0.5, 0.6) is 5.75 Å². The van der Waals surface area contributed by atoms with E-state index < -0.39 is 0 Å². The maximum absolute atomic E-state index is 6.21. The largest absolute Gasteiger partial charge is 0.488 e. The normalized spacial score (nSPS) is 18.3. The molecule has 2 heterocycles. The first-order valence-corrected chi connectivity index (χ1v) is 8.70. The fraction of sp³-hybridized carbons (Fsp3) is 0.444. The number of thiophene rings is 1. The predicted octanol–water partition coefficient (Wildman–Crippen LogP) is 4.35. The van der Waals surface area contributed by atoms with Gasteiger partial charge in [0.1, 0.15) is 11.9 Å². The maximum Gasteiger partial charge on any atom is 0.123 e. The van der Waals surface area contributed by atoms with E-state index in [-0.39, 0.29) is 6.10 Å². The Bertz CT molecular complexity index is 567. The Kier molecular flexibility index (Phi) is 4.61. The van der Waals surface area contributed by atoms with E-state index in [1.165, 1.54) is 15.3 Å². The van der Waals surface area contributed by atoms with E-state index in [2.05, 4.69) is 55.6 Å². The zero-order chi connectivity index (χ0) is 14.7. The van der Waals surface area contributed by atoms with Gasteiger partial charge in [0, 0.05) is 16.2 Å². The van der Waals surface area contributed by atoms with Crippen LogP contribution in [0, 0.1) is 0 Å². The van der Waals surface area contributed by atoms with E-state index in [4.69, 9.17) is 4.74 Å². The van der Waals surface area contributed by atoms with E-state index in [1.807, 2.05) is 11.3 Å². The summed E-state index contributed by atoms with van der Waals surface area (Å²) < 4.78 is 6.21. The highest BCUT2D eigenvalue weighted by atomic mass is 32.1. The summed E-state index contributed by atoms with van der Waals surface area (Å²) in [4.78, 5) is 2.85. The van der Waals surface area contributed by atoms with Gasteiger partial charge in [-0.1, -0.05) is 32.0 Å². The minimum Gasteiger partial charge on any atom is -0.488 e. The van der Waals surface area contributed by atoms with Gasteiger partial charge in [0.15, 0.2) is 0 Å². The Labute approximate surface area is 131 Å². The molecule has 0 radical (unpaired) electrons. The predicted molar refractivity (Wildman–Crippen MR) is 89.3 cm³/mol. The molecule has 0 amide bonds. The summed E-state index contributed by atoms with van der Waals surface area (Å²) in [6, 6.07) is 13.2. The van der Waals surface area contributed by atoms with Gasteiger partial charge in [0.25, 0.3) is 0 Å². The molecule has 3 heteroatoms. The van der Waals surface area contributed by atoms with E-state index in [1.54, 1.807) is 0 Å². The lowest BCUT2D eigenvalue weighted by Crippen LogP contribution is -2.34. The van der Waals surface area contributed by atoms with Crippen LogP contribution in [0.2, 0.25) is 0 Å². The third kappa shape index (κ3) is 3.14. The Morgan fingerprint density at radius 3 is 2.81 bits per heavy atom. The molecule has 0 fully saturated rings. The number of benzene rings is 1. The van der Waals surface area contributed by atoms with Crippen LogP contribution in [0.3, 0.4) is 0 Å². The zero-order valence-electron chi connectivity index (χ0n) is 12.8. The first-order chi connectivity index (χ1) is 10.3. The van der Waals surface area contributed by atoms with E-state index in [0.29, 0.717) is 6.04 Å². The van der Waals surface area contributed by atoms with Gasteiger partial charge < -0.3 is 10.1 Å². The fourth-order valence-electron chi connectivity index (χ4n) is 2.86. The quantitative estimate of drug-likeness (QED) is 0.856. The van der Waals surface area contributed by atoms with Gasteiger partial charge in [-0.25, -0.2) is 0 Å². The smallest absolute Gasteiger partial charge is 0.123 e. The minimum absolute atomic E-state index is 0.206. The highest BCUT2D eigenvalue weighted by molar-refractivity contribution is 7.12. The lowest BCUT2D eigenvalue weighted by molar-refractivity contribution is 0.180. The average molecular weight is 301 g/mol. The summed E-state index contributed by atoms with van der Waals surface area (Å²) in [5, 5.41) is 3.69. The molecule has 0 saturated heterocycles. The Morgan fingerprint density at radius 1 is 1.24 bits per heavy atom. The summed E-state index contributed by atoms with van der Waals surface area (Å²) in [5.74, 6) is 1.05. The molecule has 2 nitrogen and oxygen atoms in total. The van der Waals surface area contributed by atoms with Gasteiger partial charge in [-0.15, -0.1) is 11.3 Å². The van der Waals surface area contributed by atoms with Crippen molar-refractivity contribution in [2.45, 2.75) is 45.3 Å². The van der Waals surface area contributed by atoms with Crippen LogP contribution in [0.4, 0.5) is 0 Å². The molecule has 1 aromatic carbocycles. The number of aryl methyl sites for hydroxylation is 1. The topological polar surface area (TPSA) is 21.3 Å². The summed E-state index contributed by atoms with van der Waals surface area (Å²) in [5.41, 5.74) is 1.33. The standard InChI is InChI=1S/C18H23NOS/c1-3-11-19-18(17-10-9-14(4-2)21-17)16-12-13-7-5-6-8-15(13)20-16/h5-10,16,18-19H,3-4,11-12H2,1-2H3. The summed E-state index contributed by atoms with van der Waals surface area (Å²) in [6.07, 6.45) is 3.45. The Morgan fingerprint density at radius 2 is 2.10 bits per heavy atom. The number of ether oxygens (including phenoxy) is 1. The lowest BCUT2D eigenvalue weighted by atomic mass is 10.0. The van der Waals surface area contributed by atoms with Crippen molar-refractivity contribution in [2.24, 2.45) is 0 Å². The molecular formula is C18H23NOS. The van der Waals surface area contributed by atoms with Crippen LogP contribution in [0.1, 0.15) is 41.6 Å². The van der Waals surface area contributed by atoms with Crippen molar-refractivity contribution in [3.63, 3.8) is 0 Å². The van der Waals surface area contributed by atoms with Crippen LogP contribution in [-0.2, 0) is 12.8 Å². The SMILES string of the molecule is CCCNC(c1ccc(CC)s1)C1Cc2ccccc2O1. The van der Waals surface area contributed by atoms with Crippen LogP contribution in [0.25, 0.3) is 0 Å². The molecule has 0 aliphatic carbocycles. The number of para-hydroxylation sites is 1. The number of rotatable bonds is 6. The molecular weight excluding hydrogens is 278 g/mol. The molecule has 2 atom stereocenters. The summed E-state index contributed by atoms with van der Waals surface area (Å²) in [7, 11) is 0. The molecule has 2 aromatic rings. The van der Waals surface area contributed by atoms with Gasteiger partial charge in [-0.05, 0) is 43.1 Å². The van der Waals surface area contributed by atoms with Gasteiger partial charge in [0.05, 0.1) is 6.04 Å². The molecule has 1 aliphatic heterocycles. The van der Waals surface area contributed by atoms with E-state index in [0.717, 1.165) is 31.6 Å². The molecule has 112 valence electrons. The van der Waals surface area contributed by atoms with Crippen molar-refractivity contribution in [1.29, 1.82) is 0 Å². The molecule has 21 heavy (non-hydrogen) atoms. The highest BCUT2D eigenvalue weighted by Crippen LogP contribution is 2.36. The highest BCUT2D eigenvalue weighted by Gasteiger charge is 2.31. The summed E-state index contributed by atoms with van der Waals surface area (Å²) in [6.45, 7) is 5.45. The number of fused-ring (bicyclic) bond motifs is 1. The molecule has 0 saturated carbocycles. The van der Waals surface area contributed by atoms with Crippen molar-refractivity contribution < 1.29 is 4.74 Å². The van der Waals surface area contributed by atoms with Crippen molar-refractivity contribution in [3.8, 4) is 5.75 Å². The fourth-order valence-corrected chi connectivity index (χ4v) is 3.94. The maximum atomic E-state index is 6.21. The molecule has 1 aromatic heterocycles. The van der Waals surface area contributed by atoms with Crippen LogP contribution in [-0.4, -0.2) is 12.6 Å². The Balaban J connectivity index is 1.80. The molecule has 1 N–H and O–H groups in total. The monoisotopic (exact) mass is 301 g/mol. The van der Waals surface area contributed by atoms with Gasteiger partial charge in [-0.3, -0.25) is 0 Å². The molecule has 2 unspecified atom stereocenters. The first-order valence-electron chi connectivity index (χ1n) is 7.88. The third-order valence-electron chi connectivity index (χ3n) is 4.00. The van der Waals surface area contributed by atoms with E-state index in [9.17, 15) is 0 Å². The van der Waals surface area contributed by atoms with Crippen molar-refractivity contribution in [3.05, 3.63) is 51.7 Å². The minimum atomic E-state index is 0.206.